The second-order valence-corrected chi connectivity index (χ2v) is 9.51. The minimum absolute atomic E-state index is 0.0314. The first-order valence-electron chi connectivity index (χ1n) is 10.2. The van der Waals surface area contributed by atoms with E-state index >= 15 is 0 Å². The van der Waals surface area contributed by atoms with Crippen molar-refractivity contribution in [3.05, 3.63) is 59.2 Å². The Hall–Kier alpha value is -3.22. The predicted octanol–water partition coefficient (Wildman–Crippen LogP) is 2.85. The van der Waals surface area contributed by atoms with Gasteiger partial charge in [-0.05, 0) is 68.1 Å². The van der Waals surface area contributed by atoms with Crippen molar-refractivity contribution in [1.29, 1.82) is 5.26 Å². The summed E-state index contributed by atoms with van der Waals surface area (Å²) in [5.74, 6) is -1.28. The number of amides is 1. The molecule has 8 nitrogen and oxygen atoms in total. The molecule has 0 radical (unpaired) electrons. The summed E-state index contributed by atoms with van der Waals surface area (Å²) in [5, 5.41) is 8.94. The third kappa shape index (κ3) is 6.15. The summed E-state index contributed by atoms with van der Waals surface area (Å²) in [4.78, 5) is 26.7. The molecule has 0 aromatic heterocycles. The zero-order valence-corrected chi connectivity index (χ0v) is 18.8. The van der Waals surface area contributed by atoms with Crippen molar-refractivity contribution in [2.24, 2.45) is 0 Å². The number of benzene rings is 2. The third-order valence-electron chi connectivity index (χ3n) is 4.87. The molecule has 1 amide bonds. The molecule has 168 valence electrons. The van der Waals surface area contributed by atoms with Crippen molar-refractivity contribution in [3.8, 4) is 6.07 Å². The molecule has 0 aliphatic heterocycles. The minimum Gasteiger partial charge on any atom is -0.452 e. The molecule has 0 spiro atoms. The fraction of sp³-hybridized carbons (Fsp3) is 0.348. The Morgan fingerprint density at radius 2 is 1.84 bits per heavy atom. The van der Waals surface area contributed by atoms with Crippen LogP contribution in [0.3, 0.4) is 0 Å². The lowest BCUT2D eigenvalue weighted by molar-refractivity contribution is -0.121. The Balaban J connectivity index is 1.70. The summed E-state index contributed by atoms with van der Waals surface area (Å²) in [7, 11) is -3.72. The number of sulfonamides is 1. The van der Waals surface area contributed by atoms with Gasteiger partial charge < -0.3 is 9.64 Å². The molecule has 3 rings (SSSR count). The number of hydrogen-bond donors (Lipinski definition) is 1. The van der Waals surface area contributed by atoms with E-state index in [0.29, 0.717) is 5.69 Å². The van der Waals surface area contributed by atoms with Crippen molar-refractivity contribution < 1.29 is 22.7 Å². The van der Waals surface area contributed by atoms with Crippen molar-refractivity contribution in [1.82, 2.24) is 4.72 Å². The largest absolute Gasteiger partial charge is 0.452 e. The maximum absolute atomic E-state index is 12.8. The molecule has 0 unspecified atom stereocenters. The molecule has 0 saturated heterocycles. The molecule has 0 bridgehead atoms. The molecule has 0 heterocycles. The Morgan fingerprint density at radius 3 is 2.47 bits per heavy atom. The zero-order valence-electron chi connectivity index (χ0n) is 18.0. The molecule has 2 aromatic carbocycles. The Morgan fingerprint density at radius 1 is 1.16 bits per heavy atom. The van der Waals surface area contributed by atoms with E-state index in [9.17, 15) is 18.0 Å². The number of ether oxygens (including phenoxy) is 1. The van der Waals surface area contributed by atoms with Gasteiger partial charge in [0.1, 0.15) is 0 Å². The fourth-order valence-electron chi connectivity index (χ4n) is 3.23. The lowest BCUT2D eigenvalue weighted by Crippen LogP contribution is -2.35. The monoisotopic (exact) mass is 455 g/mol. The number of hydrogen-bond acceptors (Lipinski definition) is 6. The zero-order chi connectivity index (χ0) is 23.3. The van der Waals surface area contributed by atoms with Gasteiger partial charge in [-0.2, -0.15) is 5.26 Å². The second-order valence-electron chi connectivity index (χ2n) is 7.80. The molecule has 1 fully saturated rings. The lowest BCUT2D eigenvalue weighted by Gasteiger charge is -2.22. The van der Waals surface area contributed by atoms with Gasteiger partial charge in [-0.3, -0.25) is 4.79 Å². The summed E-state index contributed by atoms with van der Waals surface area (Å²) in [6, 6.07) is 13.1. The highest BCUT2D eigenvalue weighted by Crippen LogP contribution is 2.23. The molecular weight excluding hydrogens is 430 g/mol. The van der Waals surface area contributed by atoms with Crippen LogP contribution in [0.25, 0.3) is 0 Å². The second kappa shape index (κ2) is 9.94. The average Bonchev–Trinajstić information content (AvgIpc) is 3.55. The average molecular weight is 456 g/mol. The fourth-order valence-corrected chi connectivity index (χ4v) is 4.58. The summed E-state index contributed by atoms with van der Waals surface area (Å²) >= 11 is 0. The standard InChI is InChI=1S/C23H25N3O5S/c1-16-11-17(2)13-20(12-16)26(10-4-9-24)22(27)15-31-23(28)18-5-3-6-21(14-18)32(29,30)25-19-7-8-19/h3,5-6,11-14,19,25H,4,7-8,10,15H2,1-2H3. The van der Waals surface area contributed by atoms with Gasteiger partial charge >= 0.3 is 5.97 Å². The van der Waals surface area contributed by atoms with E-state index in [0.717, 1.165) is 24.0 Å². The highest BCUT2D eigenvalue weighted by atomic mass is 32.2. The van der Waals surface area contributed by atoms with Crippen molar-refractivity contribution in [2.75, 3.05) is 18.1 Å². The number of carbonyl (C=O) groups excluding carboxylic acids is 2. The Labute approximate surface area is 187 Å². The normalized spacial score (nSPS) is 13.3. The quantitative estimate of drug-likeness (QED) is 0.581. The number of nitrogens with one attached hydrogen (secondary N) is 1. The predicted molar refractivity (Wildman–Crippen MR) is 119 cm³/mol. The topological polar surface area (TPSA) is 117 Å². The highest BCUT2D eigenvalue weighted by molar-refractivity contribution is 7.89. The van der Waals surface area contributed by atoms with Gasteiger partial charge in [0.05, 0.1) is 22.9 Å². The third-order valence-corrected chi connectivity index (χ3v) is 6.39. The van der Waals surface area contributed by atoms with Crippen LogP contribution in [0.15, 0.2) is 47.4 Å². The van der Waals surface area contributed by atoms with E-state index in [1.54, 1.807) is 0 Å². The number of aryl methyl sites for hydroxylation is 2. The van der Waals surface area contributed by atoms with Crippen LogP contribution >= 0.6 is 0 Å². The summed E-state index contributed by atoms with van der Waals surface area (Å²) in [5.41, 5.74) is 2.58. The number of carbonyl (C=O) groups is 2. The van der Waals surface area contributed by atoms with Crippen LogP contribution in [0.1, 0.15) is 40.7 Å². The highest BCUT2D eigenvalue weighted by Gasteiger charge is 2.28. The van der Waals surface area contributed by atoms with Gasteiger partial charge in [0.15, 0.2) is 6.61 Å². The molecule has 1 aliphatic rings. The smallest absolute Gasteiger partial charge is 0.338 e. The molecule has 1 saturated carbocycles. The summed E-state index contributed by atoms with van der Waals surface area (Å²) in [6.45, 7) is 3.44. The first-order valence-corrected chi connectivity index (χ1v) is 11.7. The molecular formula is C23H25N3O5S. The summed E-state index contributed by atoms with van der Waals surface area (Å²) < 4.78 is 32.5. The van der Waals surface area contributed by atoms with Crippen LogP contribution in [-0.4, -0.2) is 39.5 Å². The van der Waals surface area contributed by atoms with E-state index in [4.69, 9.17) is 10.00 Å². The van der Waals surface area contributed by atoms with Gasteiger partial charge in [-0.15, -0.1) is 0 Å². The number of esters is 1. The van der Waals surface area contributed by atoms with Gasteiger partial charge in [-0.1, -0.05) is 12.1 Å². The van der Waals surface area contributed by atoms with Crippen LogP contribution in [0.4, 0.5) is 5.69 Å². The number of nitrogens with zero attached hydrogens (tertiary/aromatic N) is 2. The van der Waals surface area contributed by atoms with Gasteiger partial charge in [-0.25, -0.2) is 17.9 Å². The van der Waals surface area contributed by atoms with Crippen LogP contribution < -0.4 is 9.62 Å². The number of rotatable bonds is 9. The van der Waals surface area contributed by atoms with Crippen LogP contribution in [0, 0.1) is 25.2 Å². The Kier molecular flexibility index (Phi) is 7.28. The first kappa shape index (κ1) is 23.4. The van der Waals surface area contributed by atoms with Crippen LogP contribution in [-0.2, 0) is 19.6 Å². The van der Waals surface area contributed by atoms with Crippen molar-refractivity contribution in [2.45, 2.75) is 44.0 Å². The van der Waals surface area contributed by atoms with Crippen molar-refractivity contribution >= 4 is 27.6 Å². The number of nitriles is 1. The molecule has 32 heavy (non-hydrogen) atoms. The maximum atomic E-state index is 12.8. The van der Waals surface area contributed by atoms with E-state index in [1.165, 1.54) is 29.2 Å². The van der Waals surface area contributed by atoms with Crippen molar-refractivity contribution in [3.63, 3.8) is 0 Å². The van der Waals surface area contributed by atoms with Crippen LogP contribution in [0.5, 0.6) is 0 Å². The molecule has 0 atom stereocenters. The van der Waals surface area contributed by atoms with Gasteiger partial charge in [0.2, 0.25) is 10.0 Å². The Bertz CT molecular complexity index is 1150. The molecule has 1 aliphatic carbocycles. The van der Waals surface area contributed by atoms with E-state index < -0.39 is 28.5 Å². The minimum atomic E-state index is -3.72. The van der Waals surface area contributed by atoms with Gasteiger partial charge in [0, 0.05) is 18.3 Å². The SMILES string of the molecule is Cc1cc(C)cc(N(CCC#N)C(=O)COC(=O)c2cccc(S(=O)(=O)NC3CC3)c2)c1. The lowest BCUT2D eigenvalue weighted by atomic mass is 10.1. The molecule has 1 N–H and O–H groups in total. The van der Waals surface area contributed by atoms with Gasteiger partial charge in [0.25, 0.3) is 5.91 Å². The molecule has 2 aromatic rings. The van der Waals surface area contributed by atoms with E-state index in [2.05, 4.69) is 4.72 Å². The maximum Gasteiger partial charge on any atom is 0.338 e. The number of anilines is 1. The molecule has 9 heteroatoms. The summed E-state index contributed by atoms with van der Waals surface area (Å²) in [6.07, 6.45) is 1.72. The van der Waals surface area contributed by atoms with E-state index in [-0.39, 0.29) is 29.5 Å². The van der Waals surface area contributed by atoms with Crippen LogP contribution in [0.2, 0.25) is 0 Å². The first-order chi connectivity index (χ1) is 15.2. The van der Waals surface area contributed by atoms with E-state index in [1.807, 2.05) is 38.1 Å².